The van der Waals surface area contributed by atoms with Crippen molar-refractivity contribution in [1.29, 1.82) is 0 Å². The van der Waals surface area contributed by atoms with Crippen LogP contribution in [0.15, 0.2) is 41.8 Å². The van der Waals surface area contributed by atoms with E-state index in [0.717, 1.165) is 13.1 Å². The van der Waals surface area contributed by atoms with Crippen LogP contribution in [0, 0.1) is 0 Å². The van der Waals surface area contributed by atoms with Crippen molar-refractivity contribution in [2.24, 2.45) is 0 Å². The fourth-order valence-corrected chi connectivity index (χ4v) is 3.57. The zero-order valence-electron chi connectivity index (χ0n) is 12.9. The molecule has 0 bridgehead atoms. The molecule has 1 aromatic heterocycles. The standard InChI is InChI=1S/C17H21ClN2OS/c1-3-20(4-2)15(16-10-7-11-22-16)12-19-17(21)13-8-5-6-9-14(13)18/h5-11,15H,3-4,12H2,1-2H3,(H,19,21). The summed E-state index contributed by atoms with van der Waals surface area (Å²) in [5.41, 5.74) is 0.522. The molecule has 0 spiro atoms. The summed E-state index contributed by atoms with van der Waals surface area (Å²) >= 11 is 7.80. The molecular weight excluding hydrogens is 316 g/mol. The maximum absolute atomic E-state index is 12.3. The molecule has 0 aliphatic carbocycles. The Morgan fingerprint density at radius 2 is 1.95 bits per heavy atom. The van der Waals surface area contributed by atoms with Crippen LogP contribution in [0.25, 0.3) is 0 Å². The molecule has 22 heavy (non-hydrogen) atoms. The lowest BCUT2D eigenvalue weighted by molar-refractivity contribution is 0.0935. The van der Waals surface area contributed by atoms with Crippen LogP contribution in [0.4, 0.5) is 0 Å². The molecule has 5 heteroatoms. The van der Waals surface area contributed by atoms with Gasteiger partial charge in [-0.15, -0.1) is 11.3 Å². The van der Waals surface area contributed by atoms with Gasteiger partial charge in [0.05, 0.1) is 16.6 Å². The van der Waals surface area contributed by atoms with Crippen molar-refractivity contribution in [2.75, 3.05) is 19.6 Å². The Hall–Kier alpha value is -1.36. The first-order valence-corrected chi connectivity index (χ1v) is 8.73. The minimum atomic E-state index is -0.126. The minimum Gasteiger partial charge on any atom is -0.350 e. The second-order valence-corrected chi connectivity index (χ2v) is 6.33. The van der Waals surface area contributed by atoms with Gasteiger partial charge in [-0.2, -0.15) is 0 Å². The Morgan fingerprint density at radius 3 is 2.55 bits per heavy atom. The number of hydrogen-bond acceptors (Lipinski definition) is 3. The molecule has 3 nitrogen and oxygen atoms in total. The second kappa shape index (κ2) is 8.32. The van der Waals surface area contributed by atoms with Crippen LogP contribution in [-0.4, -0.2) is 30.4 Å². The van der Waals surface area contributed by atoms with E-state index >= 15 is 0 Å². The van der Waals surface area contributed by atoms with Gasteiger partial charge in [0.1, 0.15) is 0 Å². The van der Waals surface area contributed by atoms with Crippen molar-refractivity contribution >= 4 is 28.8 Å². The van der Waals surface area contributed by atoms with Crippen LogP contribution in [-0.2, 0) is 0 Å². The largest absolute Gasteiger partial charge is 0.350 e. The zero-order chi connectivity index (χ0) is 15.9. The van der Waals surface area contributed by atoms with E-state index in [1.54, 1.807) is 23.5 Å². The van der Waals surface area contributed by atoms with E-state index in [9.17, 15) is 4.79 Å². The number of amides is 1. The van der Waals surface area contributed by atoms with Gasteiger partial charge in [-0.05, 0) is 36.7 Å². The molecule has 0 saturated carbocycles. The topological polar surface area (TPSA) is 32.3 Å². The Kier molecular flexibility index (Phi) is 6.43. The van der Waals surface area contributed by atoms with Crippen LogP contribution in [0.1, 0.15) is 35.1 Å². The molecule has 0 fully saturated rings. The molecule has 1 atom stereocenters. The zero-order valence-corrected chi connectivity index (χ0v) is 14.5. The third-order valence-electron chi connectivity index (χ3n) is 3.70. The van der Waals surface area contributed by atoms with Crippen molar-refractivity contribution in [2.45, 2.75) is 19.9 Å². The molecule has 0 aliphatic heterocycles. The first kappa shape index (κ1) is 17.0. The van der Waals surface area contributed by atoms with E-state index in [4.69, 9.17) is 11.6 Å². The van der Waals surface area contributed by atoms with Crippen molar-refractivity contribution in [3.63, 3.8) is 0 Å². The highest BCUT2D eigenvalue weighted by molar-refractivity contribution is 7.10. The highest BCUT2D eigenvalue weighted by atomic mass is 35.5. The molecule has 1 N–H and O–H groups in total. The summed E-state index contributed by atoms with van der Waals surface area (Å²) in [5, 5.41) is 5.57. The fraction of sp³-hybridized carbons (Fsp3) is 0.353. The lowest BCUT2D eigenvalue weighted by Gasteiger charge is -2.29. The molecule has 1 amide bonds. The smallest absolute Gasteiger partial charge is 0.252 e. The van der Waals surface area contributed by atoms with Gasteiger partial charge in [0, 0.05) is 11.4 Å². The highest BCUT2D eigenvalue weighted by Crippen LogP contribution is 2.24. The number of benzene rings is 1. The lowest BCUT2D eigenvalue weighted by Crippen LogP contribution is -2.37. The summed E-state index contributed by atoms with van der Waals surface area (Å²) in [5.74, 6) is -0.126. The van der Waals surface area contributed by atoms with Crippen LogP contribution in [0.3, 0.4) is 0 Å². The van der Waals surface area contributed by atoms with E-state index in [1.165, 1.54) is 4.88 Å². The first-order chi connectivity index (χ1) is 10.7. The van der Waals surface area contributed by atoms with Crippen LogP contribution in [0.5, 0.6) is 0 Å². The molecule has 2 rings (SSSR count). The Morgan fingerprint density at radius 1 is 1.23 bits per heavy atom. The SMILES string of the molecule is CCN(CC)C(CNC(=O)c1ccccc1Cl)c1cccs1. The summed E-state index contributed by atoms with van der Waals surface area (Å²) in [6.45, 7) is 6.74. The van der Waals surface area contributed by atoms with E-state index in [2.05, 4.69) is 35.5 Å². The number of halogens is 1. The van der Waals surface area contributed by atoms with E-state index in [0.29, 0.717) is 17.1 Å². The van der Waals surface area contributed by atoms with E-state index < -0.39 is 0 Å². The van der Waals surface area contributed by atoms with Crippen molar-refractivity contribution in [3.05, 3.63) is 57.2 Å². The average Bonchev–Trinajstić information content (AvgIpc) is 3.05. The Labute approximate surface area is 140 Å². The van der Waals surface area contributed by atoms with Gasteiger partial charge < -0.3 is 5.32 Å². The maximum Gasteiger partial charge on any atom is 0.252 e. The molecule has 1 aromatic carbocycles. The summed E-state index contributed by atoms with van der Waals surface area (Å²) in [7, 11) is 0. The highest BCUT2D eigenvalue weighted by Gasteiger charge is 2.20. The fourth-order valence-electron chi connectivity index (χ4n) is 2.48. The van der Waals surface area contributed by atoms with Crippen molar-refractivity contribution < 1.29 is 4.79 Å². The van der Waals surface area contributed by atoms with Gasteiger partial charge >= 0.3 is 0 Å². The van der Waals surface area contributed by atoms with Crippen LogP contribution >= 0.6 is 22.9 Å². The third-order valence-corrected chi connectivity index (χ3v) is 5.00. The van der Waals surface area contributed by atoms with Gasteiger partial charge in [-0.1, -0.05) is 43.6 Å². The van der Waals surface area contributed by atoms with Gasteiger partial charge in [0.2, 0.25) is 0 Å². The number of hydrogen-bond donors (Lipinski definition) is 1. The summed E-state index contributed by atoms with van der Waals surface area (Å²) < 4.78 is 0. The number of thiophene rings is 1. The summed E-state index contributed by atoms with van der Waals surface area (Å²) in [6.07, 6.45) is 0. The molecule has 0 radical (unpaired) electrons. The summed E-state index contributed by atoms with van der Waals surface area (Å²) in [6, 6.07) is 11.5. The number of carbonyl (C=O) groups excluding carboxylic acids is 1. The minimum absolute atomic E-state index is 0.126. The maximum atomic E-state index is 12.3. The van der Waals surface area contributed by atoms with Crippen molar-refractivity contribution in [3.8, 4) is 0 Å². The van der Waals surface area contributed by atoms with Gasteiger partial charge in [0.25, 0.3) is 5.91 Å². The second-order valence-electron chi connectivity index (χ2n) is 4.94. The molecule has 0 saturated heterocycles. The van der Waals surface area contributed by atoms with Crippen LogP contribution in [0.2, 0.25) is 5.02 Å². The van der Waals surface area contributed by atoms with E-state index in [-0.39, 0.29) is 11.9 Å². The predicted octanol–water partition coefficient (Wildman–Crippen LogP) is 4.21. The predicted molar refractivity (Wildman–Crippen MR) is 93.8 cm³/mol. The molecule has 0 aliphatic rings. The molecular formula is C17H21ClN2OS. The Balaban J connectivity index is 2.08. The Bertz CT molecular complexity index is 596. The number of nitrogens with zero attached hydrogens (tertiary/aromatic N) is 1. The van der Waals surface area contributed by atoms with Crippen molar-refractivity contribution in [1.82, 2.24) is 10.2 Å². The first-order valence-electron chi connectivity index (χ1n) is 7.47. The van der Waals surface area contributed by atoms with Gasteiger partial charge in [-0.25, -0.2) is 0 Å². The lowest BCUT2D eigenvalue weighted by atomic mass is 10.1. The van der Waals surface area contributed by atoms with Gasteiger partial charge in [0.15, 0.2) is 0 Å². The van der Waals surface area contributed by atoms with Gasteiger partial charge in [-0.3, -0.25) is 9.69 Å². The van der Waals surface area contributed by atoms with Crippen LogP contribution < -0.4 is 5.32 Å². The third kappa shape index (κ3) is 4.09. The molecule has 1 heterocycles. The molecule has 118 valence electrons. The average molecular weight is 337 g/mol. The monoisotopic (exact) mass is 336 g/mol. The number of nitrogens with one attached hydrogen (secondary N) is 1. The quantitative estimate of drug-likeness (QED) is 0.821. The normalized spacial score (nSPS) is 12.4. The number of likely N-dealkylation sites (N-methyl/N-ethyl adjacent to an activating group) is 1. The molecule has 1 unspecified atom stereocenters. The number of rotatable bonds is 7. The summed E-state index contributed by atoms with van der Waals surface area (Å²) in [4.78, 5) is 15.9. The molecule has 2 aromatic rings. The number of carbonyl (C=O) groups is 1. The van der Waals surface area contributed by atoms with E-state index in [1.807, 2.05) is 18.2 Å².